The third-order valence-electron chi connectivity index (χ3n) is 2.24. The van der Waals surface area contributed by atoms with Gasteiger partial charge in [0, 0.05) is 24.2 Å². The summed E-state index contributed by atoms with van der Waals surface area (Å²) >= 11 is 6.58. The number of hydrogen-bond donors (Lipinski definition) is 2. The summed E-state index contributed by atoms with van der Waals surface area (Å²) in [5.41, 5.74) is 0. The molecule has 84 valence electrons. The lowest BCUT2D eigenvalue weighted by Gasteiger charge is -2.27. The predicted octanol–water partition coefficient (Wildman–Crippen LogP) is 1.44. The number of nitrogens with zero attached hydrogens (tertiary/aromatic N) is 3. The van der Waals surface area contributed by atoms with Crippen LogP contribution in [0.5, 0.6) is 0 Å². The number of H-pyrrole nitrogens is 1. The molecule has 0 atom stereocenters. The van der Waals surface area contributed by atoms with E-state index in [-0.39, 0.29) is 0 Å². The largest absolute Gasteiger partial charge is 0.343 e. The molecule has 0 spiro atoms. The number of rotatable bonds is 2. The van der Waals surface area contributed by atoms with E-state index in [0.717, 1.165) is 34.9 Å². The van der Waals surface area contributed by atoms with Crippen molar-refractivity contribution in [2.75, 3.05) is 13.1 Å². The Morgan fingerprint density at radius 1 is 1.75 bits per heavy atom. The van der Waals surface area contributed by atoms with Crippen molar-refractivity contribution in [1.82, 2.24) is 15.2 Å². The maximum Gasteiger partial charge on any atom is 0.207 e. The van der Waals surface area contributed by atoms with Gasteiger partial charge in [0.1, 0.15) is 0 Å². The predicted molar refractivity (Wildman–Crippen MR) is 65.6 cm³/mol. The van der Waals surface area contributed by atoms with Crippen molar-refractivity contribution in [1.29, 1.82) is 5.26 Å². The molecule has 0 radical (unpaired) electrons. The van der Waals surface area contributed by atoms with Crippen LogP contribution in [-0.2, 0) is 6.54 Å². The topological polar surface area (TPSA) is 67.2 Å². The van der Waals surface area contributed by atoms with Crippen LogP contribution in [-0.4, -0.2) is 28.9 Å². The fourth-order valence-electron chi connectivity index (χ4n) is 1.56. The number of nitrogens with one attached hydrogen (secondary N) is 2. The molecule has 2 heterocycles. The average molecular weight is 253 g/mol. The van der Waals surface area contributed by atoms with E-state index >= 15 is 0 Å². The second-order valence-electron chi connectivity index (χ2n) is 3.36. The Morgan fingerprint density at radius 2 is 2.62 bits per heavy atom. The SMILES string of the molecule is N#CNC1=NCCCN1Cc1c[nH]c(=S)s1. The van der Waals surface area contributed by atoms with E-state index in [4.69, 9.17) is 17.5 Å². The van der Waals surface area contributed by atoms with Crippen LogP contribution in [0.15, 0.2) is 11.2 Å². The van der Waals surface area contributed by atoms with E-state index in [0.29, 0.717) is 5.96 Å². The molecule has 1 aliphatic rings. The molecule has 0 saturated heterocycles. The highest BCUT2D eigenvalue weighted by Gasteiger charge is 2.15. The molecule has 0 aromatic carbocycles. The molecule has 7 heteroatoms. The van der Waals surface area contributed by atoms with E-state index in [1.807, 2.05) is 12.4 Å². The molecular weight excluding hydrogens is 242 g/mol. The normalized spacial score (nSPS) is 15.4. The zero-order chi connectivity index (χ0) is 11.4. The monoisotopic (exact) mass is 253 g/mol. The van der Waals surface area contributed by atoms with Crippen LogP contribution in [0.1, 0.15) is 11.3 Å². The van der Waals surface area contributed by atoms with Crippen molar-refractivity contribution in [2.45, 2.75) is 13.0 Å². The van der Waals surface area contributed by atoms with Gasteiger partial charge in [0.2, 0.25) is 5.96 Å². The third-order valence-corrected chi connectivity index (χ3v) is 3.42. The highest BCUT2D eigenvalue weighted by molar-refractivity contribution is 7.73. The number of guanidine groups is 1. The van der Waals surface area contributed by atoms with Crippen LogP contribution < -0.4 is 5.32 Å². The van der Waals surface area contributed by atoms with Crippen molar-refractivity contribution < 1.29 is 0 Å². The number of hydrogen-bond acceptors (Lipinski definition) is 6. The van der Waals surface area contributed by atoms with E-state index in [1.54, 1.807) is 11.3 Å². The van der Waals surface area contributed by atoms with Gasteiger partial charge in [-0.15, -0.1) is 11.3 Å². The van der Waals surface area contributed by atoms with Gasteiger partial charge in [-0.25, -0.2) is 0 Å². The first kappa shape index (κ1) is 11.1. The maximum absolute atomic E-state index is 8.62. The number of thiazole rings is 1. The molecule has 2 N–H and O–H groups in total. The number of aromatic amines is 1. The first-order valence-corrected chi connectivity index (χ1v) is 6.14. The van der Waals surface area contributed by atoms with Gasteiger partial charge in [0.05, 0.1) is 6.54 Å². The summed E-state index contributed by atoms with van der Waals surface area (Å²) in [6, 6.07) is 0. The van der Waals surface area contributed by atoms with Crippen molar-refractivity contribution >= 4 is 29.5 Å². The smallest absolute Gasteiger partial charge is 0.207 e. The Labute approximate surface area is 102 Å². The van der Waals surface area contributed by atoms with Crippen LogP contribution in [0, 0.1) is 15.4 Å². The zero-order valence-electron chi connectivity index (χ0n) is 8.56. The lowest BCUT2D eigenvalue weighted by molar-refractivity contribution is 0.381. The second-order valence-corrected chi connectivity index (χ2v) is 5.17. The maximum atomic E-state index is 8.62. The summed E-state index contributed by atoms with van der Waals surface area (Å²) in [5.74, 6) is 0.660. The molecule has 0 bridgehead atoms. The summed E-state index contributed by atoms with van der Waals surface area (Å²) in [4.78, 5) is 10.5. The molecule has 0 saturated carbocycles. The van der Waals surface area contributed by atoms with Crippen molar-refractivity contribution in [2.24, 2.45) is 4.99 Å². The summed E-state index contributed by atoms with van der Waals surface area (Å²) in [6.07, 6.45) is 4.84. The van der Waals surface area contributed by atoms with Gasteiger partial charge >= 0.3 is 0 Å². The van der Waals surface area contributed by atoms with Crippen LogP contribution in [0.3, 0.4) is 0 Å². The average Bonchev–Trinajstić information content (AvgIpc) is 2.67. The summed E-state index contributed by atoms with van der Waals surface area (Å²) in [5, 5.41) is 11.2. The summed E-state index contributed by atoms with van der Waals surface area (Å²) in [7, 11) is 0. The molecule has 1 aromatic rings. The number of aromatic nitrogens is 1. The Kier molecular flexibility index (Phi) is 3.54. The number of aliphatic imine (C=N–C) groups is 1. The Hall–Kier alpha value is -1.39. The minimum atomic E-state index is 0.660. The Bertz CT molecular complexity index is 481. The molecule has 1 aliphatic heterocycles. The van der Waals surface area contributed by atoms with Crippen LogP contribution in [0.4, 0.5) is 0 Å². The molecule has 2 rings (SSSR count). The van der Waals surface area contributed by atoms with Gasteiger partial charge in [0.15, 0.2) is 10.1 Å². The van der Waals surface area contributed by atoms with Gasteiger partial charge in [-0.05, 0) is 18.6 Å². The molecule has 0 fully saturated rings. The Balaban J connectivity index is 2.08. The van der Waals surface area contributed by atoms with Crippen molar-refractivity contribution in [3.05, 3.63) is 15.0 Å². The molecule has 0 aliphatic carbocycles. The zero-order valence-corrected chi connectivity index (χ0v) is 10.2. The minimum absolute atomic E-state index is 0.660. The fourth-order valence-corrected chi connectivity index (χ4v) is 2.63. The van der Waals surface area contributed by atoms with Gasteiger partial charge in [-0.1, -0.05) is 0 Å². The molecule has 0 unspecified atom stereocenters. The van der Waals surface area contributed by atoms with Crippen molar-refractivity contribution in [3.63, 3.8) is 0 Å². The third kappa shape index (κ3) is 2.59. The molecular formula is C9H11N5S2. The van der Waals surface area contributed by atoms with Gasteiger partial charge in [0.25, 0.3) is 0 Å². The van der Waals surface area contributed by atoms with E-state index < -0.39 is 0 Å². The Morgan fingerprint density at radius 3 is 3.31 bits per heavy atom. The standard InChI is InChI=1S/C9H11N5S2/c10-6-13-8-11-2-1-3-14(8)5-7-4-12-9(15)16-7/h4H,1-3,5H2,(H,11,13)(H,12,15). The first-order chi connectivity index (χ1) is 7.79. The minimum Gasteiger partial charge on any atom is -0.343 e. The summed E-state index contributed by atoms with van der Waals surface area (Å²) < 4.78 is 0.777. The molecule has 16 heavy (non-hydrogen) atoms. The molecule has 5 nitrogen and oxygen atoms in total. The van der Waals surface area contributed by atoms with E-state index in [9.17, 15) is 0 Å². The molecule has 1 aromatic heterocycles. The van der Waals surface area contributed by atoms with Crippen LogP contribution in [0.25, 0.3) is 0 Å². The first-order valence-electron chi connectivity index (χ1n) is 4.91. The van der Waals surface area contributed by atoms with Gasteiger partial charge in [-0.3, -0.25) is 10.3 Å². The second kappa shape index (κ2) is 5.09. The van der Waals surface area contributed by atoms with Crippen molar-refractivity contribution in [3.8, 4) is 6.19 Å². The van der Waals surface area contributed by atoms with Gasteiger partial charge < -0.3 is 9.88 Å². The number of nitriles is 1. The van der Waals surface area contributed by atoms with E-state index in [1.165, 1.54) is 0 Å². The van der Waals surface area contributed by atoms with Crippen LogP contribution >= 0.6 is 23.6 Å². The lowest BCUT2D eigenvalue weighted by Crippen LogP contribution is -2.42. The lowest BCUT2D eigenvalue weighted by atomic mass is 10.3. The highest BCUT2D eigenvalue weighted by atomic mass is 32.1. The van der Waals surface area contributed by atoms with Crippen LogP contribution in [0.2, 0.25) is 0 Å². The fraction of sp³-hybridized carbons (Fsp3) is 0.444. The van der Waals surface area contributed by atoms with Gasteiger partial charge in [-0.2, -0.15) is 5.26 Å². The van der Waals surface area contributed by atoms with E-state index in [2.05, 4.69) is 20.2 Å². The molecule has 0 amide bonds. The highest BCUT2D eigenvalue weighted by Crippen LogP contribution is 2.13. The quantitative estimate of drug-likeness (QED) is 0.475. The summed E-state index contributed by atoms with van der Waals surface area (Å²) in [6.45, 7) is 2.44.